The highest BCUT2D eigenvalue weighted by Gasteiger charge is 2.14. The van der Waals surface area contributed by atoms with Crippen LogP contribution >= 0.6 is 0 Å². The van der Waals surface area contributed by atoms with E-state index in [4.69, 9.17) is 0 Å². The standard InChI is InChI=1S/C10H19N/c1-3-9(2)8-10-4-6-11-7-5-10/h3,9-11H,1,4-8H2,2H3. The van der Waals surface area contributed by atoms with Crippen molar-refractivity contribution in [3.8, 4) is 0 Å². The maximum atomic E-state index is 3.81. The van der Waals surface area contributed by atoms with E-state index in [1.165, 1.54) is 32.4 Å². The zero-order valence-electron chi connectivity index (χ0n) is 7.47. The van der Waals surface area contributed by atoms with Crippen LogP contribution in [0.4, 0.5) is 0 Å². The molecule has 1 heteroatoms. The third-order valence-electron chi connectivity index (χ3n) is 2.57. The van der Waals surface area contributed by atoms with Gasteiger partial charge in [-0.25, -0.2) is 0 Å². The molecule has 1 atom stereocenters. The molecule has 0 radical (unpaired) electrons. The van der Waals surface area contributed by atoms with Crippen molar-refractivity contribution in [1.29, 1.82) is 0 Å². The summed E-state index contributed by atoms with van der Waals surface area (Å²) in [5.74, 6) is 1.65. The van der Waals surface area contributed by atoms with Gasteiger partial charge in [-0.3, -0.25) is 0 Å². The molecule has 1 heterocycles. The van der Waals surface area contributed by atoms with E-state index < -0.39 is 0 Å². The van der Waals surface area contributed by atoms with Crippen molar-refractivity contribution < 1.29 is 0 Å². The van der Waals surface area contributed by atoms with Crippen LogP contribution in [0.2, 0.25) is 0 Å². The highest BCUT2D eigenvalue weighted by atomic mass is 14.9. The summed E-state index contributed by atoms with van der Waals surface area (Å²) in [6.07, 6.45) is 6.13. The van der Waals surface area contributed by atoms with Crippen molar-refractivity contribution in [2.75, 3.05) is 13.1 Å². The van der Waals surface area contributed by atoms with Gasteiger partial charge in [0.1, 0.15) is 0 Å². The summed E-state index contributed by atoms with van der Waals surface area (Å²) >= 11 is 0. The topological polar surface area (TPSA) is 12.0 Å². The second-order valence-corrected chi connectivity index (χ2v) is 3.64. The van der Waals surface area contributed by atoms with E-state index in [-0.39, 0.29) is 0 Å². The Bertz CT molecular complexity index is 114. The zero-order chi connectivity index (χ0) is 8.10. The van der Waals surface area contributed by atoms with Crippen LogP contribution in [-0.2, 0) is 0 Å². The Morgan fingerprint density at radius 1 is 1.55 bits per heavy atom. The molecule has 0 spiro atoms. The van der Waals surface area contributed by atoms with E-state index in [0.717, 1.165) is 5.92 Å². The number of allylic oxidation sites excluding steroid dienone is 1. The lowest BCUT2D eigenvalue weighted by atomic mass is 9.89. The average Bonchev–Trinajstić information content (AvgIpc) is 2.06. The molecule has 1 rings (SSSR count). The predicted octanol–water partition coefficient (Wildman–Crippen LogP) is 2.20. The van der Waals surface area contributed by atoms with Crippen molar-refractivity contribution in [3.05, 3.63) is 12.7 Å². The SMILES string of the molecule is C=CC(C)CC1CCNCC1. The Kier molecular flexibility index (Phi) is 3.64. The largest absolute Gasteiger partial charge is 0.317 e. The molecule has 0 aromatic carbocycles. The minimum Gasteiger partial charge on any atom is -0.317 e. The van der Waals surface area contributed by atoms with Gasteiger partial charge in [-0.1, -0.05) is 13.0 Å². The first-order chi connectivity index (χ1) is 5.33. The van der Waals surface area contributed by atoms with Crippen LogP contribution in [0.15, 0.2) is 12.7 Å². The lowest BCUT2D eigenvalue weighted by Gasteiger charge is -2.24. The van der Waals surface area contributed by atoms with E-state index in [9.17, 15) is 0 Å². The Balaban J connectivity index is 2.18. The molecule has 0 saturated carbocycles. The Hall–Kier alpha value is -0.300. The van der Waals surface area contributed by atoms with Crippen LogP contribution in [0.5, 0.6) is 0 Å². The van der Waals surface area contributed by atoms with Gasteiger partial charge in [0.25, 0.3) is 0 Å². The highest BCUT2D eigenvalue weighted by Crippen LogP contribution is 2.20. The van der Waals surface area contributed by atoms with Crippen LogP contribution in [0.3, 0.4) is 0 Å². The van der Waals surface area contributed by atoms with Gasteiger partial charge < -0.3 is 5.32 Å². The highest BCUT2D eigenvalue weighted by molar-refractivity contribution is 4.79. The maximum absolute atomic E-state index is 3.81. The second-order valence-electron chi connectivity index (χ2n) is 3.64. The Labute approximate surface area is 69.9 Å². The van der Waals surface area contributed by atoms with Gasteiger partial charge in [-0.2, -0.15) is 0 Å². The van der Waals surface area contributed by atoms with E-state index in [1.807, 2.05) is 0 Å². The molecule has 0 aliphatic carbocycles. The van der Waals surface area contributed by atoms with E-state index in [1.54, 1.807) is 0 Å². The van der Waals surface area contributed by atoms with E-state index in [0.29, 0.717) is 5.92 Å². The summed E-state index contributed by atoms with van der Waals surface area (Å²) in [6.45, 7) is 8.50. The number of piperidine rings is 1. The molecule has 0 aromatic rings. The molecule has 1 fully saturated rings. The molecule has 1 N–H and O–H groups in total. The molecule has 0 bridgehead atoms. The third-order valence-corrected chi connectivity index (χ3v) is 2.57. The normalized spacial score (nSPS) is 23.0. The van der Waals surface area contributed by atoms with Gasteiger partial charge in [0.15, 0.2) is 0 Å². The van der Waals surface area contributed by atoms with Crippen molar-refractivity contribution >= 4 is 0 Å². The first kappa shape index (κ1) is 8.79. The van der Waals surface area contributed by atoms with Crippen LogP contribution in [0.25, 0.3) is 0 Å². The smallest absolute Gasteiger partial charge is 0.00463 e. The molecule has 1 saturated heterocycles. The molecule has 1 aliphatic rings. The number of hydrogen-bond donors (Lipinski definition) is 1. The lowest BCUT2D eigenvalue weighted by molar-refractivity contribution is 0.329. The molecule has 1 aliphatic heterocycles. The minimum atomic E-state index is 0.707. The monoisotopic (exact) mass is 153 g/mol. The van der Waals surface area contributed by atoms with Crippen molar-refractivity contribution in [1.82, 2.24) is 5.32 Å². The van der Waals surface area contributed by atoms with Crippen molar-refractivity contribution in [3.63, 3.8) is 0 Å². The molecule has 1 unspecified atom stereocenters. The fraction of sp³-hybridized carbons (Fsp3) is 0.800. The quantitative estimate of drug-likeness (QED) is 0.613. The zero-order valence-corrected chi connectivity index (χ0v) is 7.47. The van der Waals surface area contributed by atoms with E-state index in [2.05, 4.69) is 24.9 Å². The summed E-state index contributed by atoms with van der Waals surface area (Å²) in [5, 5.41) is 3.38. The molecular weight excluding hydrogens is 134 g/mol. The molecule has 64 valence electrons. The van der Waals surface area contributed by atoms with Crippen molar-refractivity contribution in [2.24, 2.45) is 11.8 Å². The predicted molar refractivity (Wildman–Crippen MR) is 49.6 cm³/mol. The Morgan fingerprint density at radius 2 is 2.18 bits per heavy atom. The Morgan fingerprint density at radius 3 is 2.73 bits per heavy atom. The van der Waals surface area contributed by atoms with Crippen molar-refractivity contribution in [2.45, 2.75) is 26.2 Å². The van der Waals surface area contributed by atoms with Gasteiger partial charge in [-0.05, 0) is 44.2 Å². The van der Waals surface area contributed by atoms with Gasteiger partial charge in [0, 0.05) is 0 Å². The minimum absolute atomic E-state index is 0.707. The second kappa shape index (κ2) is 4.55. The van der Waals surface area contributed by atoms with Gasteiger partial charge >= 0.3 is 0 Å². The summed E-state index contributed by atoms with van der Waals surface area (Å²) < 4.78 is 0. The van der Waals surface area contributed by atoms with Gasteiger partial charge in [0.05, 0.1) is 0 Å². The average molecular weight is 153 g/mol. The summed E-state index contributed by atoms with van der Waals surface area (Å²) in [7, 11) is 0. The molecule has 0 aromatic heterocycles. The molecule has 1 nitrogen and oxygen atoms in total. The summed E-state index contributed by atoms with van der Waals surface area (Å²) in [4.78, 5) is 0. The van der Waals surface area contributed by atoms with Gasteiger partial charge in [0.2, 0.25) is 0 Å². The summed E-state index contributed by atoms with van der Waals surface area (Å²) in [5.41, 5.74) is 0. The number of rotatable bonds is 3. The first-order valence-corrected chi connectivity index (χ1v) is 4.66. The van der Waals surface area contributed by atoms with E-state index >= 15 is 0 Å². The van der Waals surface area contributed by atoms with Crippen LogP contribution < -0.4 is 5.32 Å². The first-order valence-electron chi connectivity index (χ1n) is 4.66. The lowest BCUT2D eigenvalue weighted by Crippen LogP contribution is -2.28. The fourth-order valence-corrected chi connectivity index (χ4v) is 1.74. The molecular formula is C10H19N. The molecule has 0 amide bonds. The maximum Gasteiger partial charge on any atom is -0.00463 e. The van der Waals surface area contributed by atoms with Crippen LogP contribution in [-0.4, -0.2) is 13.1 Å². The fourth-order valence-electron chi connectivity index (χ4n) is 1.74. The number of hydrogen-bond acceptors (Lipinski definition) is 1. The van der Waals surface area contributed by atoms with Crippen LogP contribution in [0.1, 0.15) is 26.2 Å². The third kappa shape index (κ3) is 3.06. The summed E-state index contributed by atoms with van der Waals surface area (Å²) in [6, 6.07) is 0. The van der Waals surface area contributed by atoms with Gasteiger partial charge in [-0.15, -0.1) is 6.58 Å². The molecule has 11 heavy (non-hydrogen) atoms. The van der Waals surface area contributed by atoms with Crippen LogP contribution in [0, 0.1) is 11.8 Å². The number of nitrogens with one attached hydrogen (secondary N) is 1.